The maximum absolute atomic E-state index is 5.79. The van der Waals surface area contributed by atoms with Gasteiger partial charge in [-0.1, -0.05) is 49.9 Å². The number of hydrogen-bond donors (Lipinski definition) is 0. The average Bonchev–Trinajstić information content (AvgIpc) is 2.58. The van der Waals surface area contributed by atoms with Crippen LogP contribution in [0.4, 0.5) is 0 Å². The van der Waals surface area contributed by atoms with Crippen LogP contribution in [0.2, 0.25) is 0 Å². The lowest BCUT2D eigenvalue weighted by Crippen LogP contribution is -1.97. The van der Waals surface area contributed by atoms with E-state index >= 15 is 0 Å². The van der Waals surface area contributed by atoms with Crippen LogP contribution in [0.5, 0.6) is 0 Å². The van der Waals surface area contributed by atoms with Crippen molar-refractivity contribution in [2.75, 3.05) is 0 Å². The fourth-order valence-corrected chi connectivity index (χ4v) is 2.67. The van der Waals surface area contributed by atoms with Crippen LogP contribution in [-0.2, 0) is 5.88 Å². The summed E-state index contributed by atoms with van der Waals surface area (Å²) in [6, 6.07) is 8.89. The second kappa shape index (κ2) is 5.55. The number of halogens is 1. The van der Waals surface area contributed by atoms with Crippen molar-refractivity contribution < 1.29 is 0 Å². The Morgan fingerprint density at radius 2 is 1.53 bits per heavy atom. The third kappa shape index (κ3) is 2.98. The highest BCUT2D eigenvalue weighted by Gasteiger charge is 2.13. The van der Waals surface area contributed by atoms with Crippen molar-refractivity contribution in [3.63, 3.8) is 0 Å². The molecule has 1 aliphatic carbocycles. The molecule has 1 aliphatic rings. The Balaban J connectivity index is 2.06. The van der Waals surface area contributed by atoms with E-state index in [-0.39, 0.29) is 0 Å². The van der Waals surface area contributed by atoms with Crippen LogP contribution in [-0.4, -0.2) is 0 Å². The Hall–Kier alpha value is -0.490. The second-order valence-corrected chi connectivity index (χ2v) is 4.83. The van der Waals surface area contributed by atoms with Crippen LogP contribution in [0.3, 0.4) is 0 Å². The molecule has 0 heterocycles. The van der Waals surface area contributed by atoms with Gasteiger partial charge in [0, 0.05) is 5.88 Å². The highest BCUT2D eigenvalue weighted by atomic mass is 35.5. The normalized spacial score (nSPS) is 18.7. The van der Waals surface area contributed by atoms with Crippen molar-refractivity contribution in [3.8, 4) is 0 Å². The van der Waals surface area contributed by atoms with Gasteiger partial charge in [-0.15, -0.1) is 11.6 Å². The summed E-state index contributed by atoms with van der Waals surface area (Å²) in [4.78, 5) is 0. The molecule has 0 aliphatic heterocycles. The summed E-state index contributed by atoms with van der Waals surface area (Å²) in [7, 11) is 0. The van der Waals surface area contributed by atoms with Crippen molar-refractivity contribution in [3.05, 3.63) is 35.4 Å². The van der Waals surface area contributed by atoms with Gasteiger partial charge in [-0.05, 0) is 29.9 Å². The van der Waals surface area contributed by atoms with Gasteiger partial charge in [0.15, 0.2) is 0 Å². The van der Waals surface area contributed by atoms with Crippen molar-refractivity contribution in [1.29, 1.82) is 0 Å². The van der Waals surface area contributed by atoms with E-state index in [0.29, 0.717) is 5.88 Å². The zero-order valence-electron chi connectivity index (χ0n) is 9.21. The summed E-state index contributed by atoms with van der Waals surface area (Å²) < 4.78 is 0. The predicted molar refractivity (Wildman–Crippen MR) is 66.4 cm³/mol. The van der Waals surface area contributed by atoms with Crippen molar-refractivity contribution in [2.24, 2.45) is 0 Å². The maximum atomic E-state index is 5.79. The Morgan fingerprint density at radius 3 is 2.07 bits per heavy atom. The summed E-state index contributed by atoms with van der Waals surface area (Å²) >= 11 is 5.79. The molecule has 0 amide bonds. The minimum atomic E-state index is 0.630. The lowest BCUT2D eigenvalue weighted by Gasteiger charge is -2.14. The van der Waals surface area contributed by atoms with Gasteiger partial charge in [0.1, 0.15) is 0 Å². The zero-order chi connectivity index (χ0) is 10.5. The second-order valence-electron chi connectivity index (χ2n) is 4.56. The maximum Gasteiger partial charge on any atom is 0.0474 e. The lowest BCUT2D eigenvalue weighted by molar-refractivity contribution is 0.592. The summed E-state index contributed by atoms with van der Waals surface area (Å²) in [5.74, 6) is 1.43. The van der Waals surface area contributed by atoms with E-state index in [1.807, 2.05) is 0 Å². The molecule has 0 aromatic heterocycles. The topological polar surface area (TPSA) is 0 Å². The molecular weight excluding hydrogens is 204 g/mol. The van der Waals surface area contributed by atoms with Crippen LogP contribution in [0, 0.1) is 0 Å². The van der Waals surface area contributed by atoms with E-state index in [9.17, 15) is 0 Å². The van der Waals surface area contributed by atoms with Crippen molar-refractivity contribution in [2.45, 2.75) is 50.3 Å². The van der Waals surface area contributed by atoms with Crippen LogP contribution in [0.15, 0.2) is 24.3 Å². The first-order chi connectivity index (χ1) is 7.40. The highest BCUT2D eigenvalue weighted by molar-refractivity contribution is 6.17. The fourth-order valence-electron chi connectivity index (χ4n) is 2.49. The molecule has 1 fully saturated rings. The van der Waals surface area contributed by atoms with Gasteiger partial charge >= 0.3 is 0 Å². The largest absolute Gasteiger partial charge is 0.122 e. The van der Waals surface area contributed by atoms with Crippen molar-refractivity contribution >= 4 is 11.6 Å². The summed E-state index contributed by atoms with van der Waals surface area (Å²) in [6.07, 6.45) is 8.41. The molecule has 82 valence electrons. The molecule has 0 radical (unpaired) electrons. The SMILES string of the molecule is ClCc1ccc(C2CCCCCC2)cc1. The van der Waals surface area contributed by atoms with E-state index in [2.05, 4.69) is 24.3 Å². The van der Waals surface area contributed by atoms with Gasteiger partial charge in [0.25, 0.3) is 0 Å². The summed E-state index contributed by atoms with van der Waals surface area (Å²) in [5.41, 5.74) is 2.75. The molecule has 0 N–H and O–H groups in total. The number of hydrogen-bond acceptors (Lipinski definition) is 0. The molecule has 0 nitrogen and oxygen atoms in total. The smallest absolute Gasteiger partial charge is 0.0474 e. The molecule has 1 saturated carbocycles. The Labute approximate surface area is 97.6 Å². The Morgan fingerprint density at radius 1 is 0.933 bits per heavy atom. The first kappa shape index (κ1) is 11.0. The molecule has 0 spiro atoms. The molecular formula is C14H19Cl. The first-order valence-electron chi connectivity index (χ1n) is 6.05. The molecule has 0 unspecified atom stereocenters. The molecule has 2 rings (SSSR count). The van der Waals surface area contributed by atoms with E-state index in [0.717, 1.165) is 5.92 Å². The molecule has 0 atom stereocenters. The van der Waals surface area contributed by atoms with Gasteiger partial charge in [0.2, 0.25) is 0 Å². The first-order valence-corrected chi connectivity index (χ1v) is 6.58. The average molecular weight is 223 g/mol. The summed E-state index contributed by atoms with van der Waals surface area (Å²) in [6.45, 7) is 0. The van der Waals surface area contributed by atoms with E-state index in [1.54, 1.807) is 0 Å². The predicted octanol–water partition coefficient (Wildman–Crippen LogP) is 4.86. The third-order valence-corrected chi connectivity index (χ3v) is 3.77. The van der Waals surface area contributed by atoms with E-state index in [1.165, 1.54) is 49.7 Å². The quantitative estimate of drug-likeness (QED) is 0.495. The zero-order valence-corrected chi connectivity index (χ0v) is 9.97. The highest BCUT2D eigenvalue weighted by Crippen LogP contribution is 2.31. The minimum absolute atomic E-state index is 0.630. The number of alkyl halides is 1. The van der Waals surface area contributed by atoms with Crippen LogP contribution in [0.1, 0.15) is 55.6 Å². The fraction of sp³-hybridized carbons (Fsp3) is 0.571. The van der Waals surface area contributed by atoms with Crippen LogP contribution >= 0.6 is 11.6 Å². The molecule has 1 aromatic carbocycles. The molecule has 0 bridgehead atoms. The minimum Gasteiger partial charge on any atom is -0.122 e. The molecule has 1 aromatic rings. The van der Waals surface area contributed by atoms with Crippen LogP contribution in [0.25, 0.3) is 0 Å². The van der Waals surface area contributed by atoms with E-state index < -0.39 is 0 Å². The Bertz CT molecular complexity index is 281. The van der Waals surface area contributed by atoms with E-state index in [4.69, 9.17) is 11.6 Å². The van der Waals surface area contributed by atoms with Crippen LogP contribution < -0.4 is 0 Å². The molecule has 0 saturated heterocycles. The summed E-state index contributed by atoms with van der Waals surface area (Å²) in [5, 5.41) is 0. The van der Waals surface area contributed by atoms with Gasteiger partial charge < -0.3 is 0 Å². The molecule has 1 heteroatoms. The van der Waals surface area contributed by atoms with Gasteiger partial charge in [0.05, 0.1) is 0 Å². The molecule has 15 heavy (non-hydrogen) atoms. The van der Waals surface area contributed by atoms with Gasteiger partial charge in [-0.2, -0.15) is 0 Å². The lowest BCUT2D eigenvalue weighted by atomic mass is 9.91. The van der Waals surface area contributed by atoms with Crippen molar-refractivity contribution in [1.82, 2.24) is 0 Å². The number of rotatable bonds is 2. The number of benzene rings is 1. The standard InChI is InChI=1S/C14H19Cl/c15-11-12-7-9-14(10-8-12)13-5-3-1-2-4-6-13/h7-10,13H,1-6,11H2. The Kier molecular flexibility index (Phi) is 4.08. The van der Waals surface area contributed by atoms with Gasteiger partial charge in [-0.3, -0.25) is 0 Å². The monoisotopic (exact) mass is 222 g/mol. The van der Waals surface area contributed by atoms with Gasteiger partial charge in [-0.25, -0.2) is 0 Å². The third-order valence-electron chi connectivity index (χ3n) is 3.46.